The van der Waals surface area contributed by atoms with Gasteiger partial charge in [0.05, 0.1) is 23.4 Å². The van der Waals surface area contributed by atoms with E-state index in [0.29, 0.717) is 16.3 Å². The Kier molecular flexibility index (Phi) is 4.16. The van der Waals surface area contributed by atoms with Gasteiger partial charge in [-0.2, -0.15) is 15.8 Å². The van der Waals surface area contributed by atoms with Gasteiger partial charge in [0, 0.05) is 5.02 Å². The fourth-order valence-corrected chi connectivity index (χ4v) is 1.42. The lowest BCUT2D eigenvalue weighted by Crippen LogP contribution is -2.24. The largest absolute Gasteiger partial charge is 0.344 e. The van der Waals surface area contributed by atoms with Crippen LogP contribution in [0.15, 0.2) is 18.2 Å². The number of anilines is 1. The minimum Gasteiger partial charge on any atom is -0.344 e. The Balaban J connectivity index is 3.18. The van der Waals surface area contributed by atoms with E-state index in [4.69, 9.17) is 27.4 Å². The van der Waals surface area contributed by atoms with Crippen LogP contribution in [0.1, 0.15) is 5.56 Å². The van der Waals surface area contributed by atoms with Gasteiger partial charge in [0.25, 0.3) is 0 Å². The van der Waals surface area contributed by atoms with E-state index in [0.717, 1.165) is 0 Å². The van der Waals surface area contributed by atoms with E-state index >= 15 is 0 Å². The van der Waals surface area contributed by atoms with Gasteiger partial charge in [-0.1, -0.05) is 11.6 Å². The third kappa shape index (κ3) is 2.64. The van der Waals surface area contributed by atoms with Crippen LogP contribution in [0.4, 0.5) is 5.69 Å². The molecule has 0 radical (unpaired) electrons. The molecule has 0 aliphatic rings. The van der Waals surface area contributed by atoms with Gasteiger partial charge < -0.3 is 4.90 Å². The average Bonchev–Trinajstić information content (AvgIpc) is 2.29. The van der Waals surface area contributed by atoms with Gasteiger partial charge in [0.15, 0.2) is 0 Å². The molecule has 0 aliphatic carbocycles. The lowest BCUT2D eigenvalue weighted by atomic mass is 10.1. The van der Waals surface area contributed by atoms with E-state index in [2.05, 4.69) is 0 Å². The summed E-state index contributed by atoms with van der Waals surface area (Å²) in [4.78, 5) is 1.50. The van der Waals surface area contributed by atoms with Crippen molar-refractivity contribution in [2.45, 2.75) is 0 Å². The van der Waals surface area contributed by atoms with E-state index < -0.39 is 0 Å². The number of hydrogen-bond acceptors (Lipinski definition) is 4. The standard InChI is InChI=1S/C11H7ClN4/c12-10-2-1-9(8-15)11(7-10)16(5-3-13)6-4-14/h1-2,7H,5-6H2. The number of halogens is 1. The van der Waals surface area contributed by atoms with E-state index in [-0.39, 0.29) is 13.1 Å². The molecule has 0 unspecified atom stereocenters. The van der Waals surface area contributed by atoms with Crippen molar-refractivity contribution < 1.29 is 0 Å². The van der Waals surface area contributed by atoms with Crippen LogP contribution in [0.2, 0.25) is 5.02 Å². The first-order chi connectivity index (χ1) is 7.72. The van der Waals surface area contributed by atoms with Crippen LogP contribution >= 0.6 is 11.6 Å². The molecule has 1 rings (SSSR count). The van der Waals surface area contributed by atoms with E-state index in [1.807, 2.05) is 18.2 Å². The molecule has 0 aromatic heterocycles. The van der Waals surface area contributed by atoms with Crippen LogP contribution in [0.3, 0.4) is 0 Å². The van der Waals surface area contributed by atoms with Crippen molar-refractivity contribution in [2.24, 2.45) is 0 Å². The lowest BCUT2D eigenvalue weighted by Gasteiger charge is -2.19. The molecule has 0 bridgehead atoms. The zero-order valence-corrected chi connectivity index (χ0v) is 9.07. The third-order valence-electron chi connectivity index (χ3n) is 1.94. The Morgan fingerprint density at radius 1 is 1.12 bits per heavy atom. The summed E-state index contributed by atoms with van der Waals surface area (Å²) in [5.41, 5.74) is 0.910. The van der Waals surface area contributed by atoms with E-state index in [1.165, 1.54) is 4.90 Å². The molecular formula is C11H7ClN4. The number of hydrogen-bond donors (Lipinski definition) is 0. The molecular weight excluding hydrogens is 224 g/mol. The van der Waals surface area contributed by atoms with Gasteiger partial charge in [-0.05, 0) is 18.2 Å². The molecule has 0 spiro atoms. The van der Waals surface area contributed by atoms with E-state index in [9.17, 15) is 0 Å². The lowest BCUT2D eigenvalue weighted by molar-refractivity contribution is 0.964. The van der Waals surface area contributed by atoms with Crippen LogP contribution in [0.5, 0.6) is 0 Å². The Morgan fingerprint density at radius 3 is 2.25 bits per heavy atom. The van der Waals surface area contributed by atoms with Gasteiger partial charge in [-0.15, -0.1) is 0 Å². The number of nitrogens with zero attached hydrogens (tertiary/aromatic N) is 4. The summed E-state index contributed by atoms with van der Waals surface area (Å²) in [6.45, 7) is 0.0885. The van der Waals surface area contributed by atoms with Crippen LogP contribution in [0.25, 0.3) is 0 Å². The van der Waals surface area contributed by atoms with Crippen molar-refractivity contribution >= 4 is 17.3 Å². The highest BCUT2D eigenvalue weighted by molar-refractivity contribution is 6.30. The highest BCUT2D eigenvalue weighted by Gasteiger charge is 2.11. The molecule has 1 aromatic rings. The highest BCUT2D eigenvalue weighted by atomic mass is 35.5. The van der Waals surface area contributed by atoms with Crippen molar-refractivity contribution in [1.82, 2.24) is 0 Å². The number of rotatable bonds is 3. The fourth-order valence-electron chi connectivity index (χ4n) is 1.26. The summed E-state index contributed by atoms with van der Waals surface area (Å²) >= 11 is 5.82. The predicted octanol–water partition coefficient (Wildman–Crippen LogP) is 2.07. The zero-order valence-electron chi connectivity index (χ0n) is 8.31. The summed E-state index contributed by atoms with van der Waals surface area (Å²) in [6, 6.07) is 10.6. The monoisotopic (exact) mass is 230 g/mol. The first kappa shape index (κ1) is 11.9. The molecule has 1 aromatic carbocycles. The summed E-state index contributed by atoms with van der Waals surface area (Å²) in [7, 11) is 0. The molecule has 0 N–H and O–H groups in total. The van der Waals surface area contributed by atoms with Crippen LogP contribution in [-0.4, -0.2) is 13.1 Å². The minimum absolute atomic E-state index is 0.0442. The second-order valence-corrected chi connectivity index (χ2v) is 3.38. The minimum atomic E-state index is 0.0442. The topological polar surface area (TPSA) is 74.6 Å². The number of nitriles is 3. The summed E-state index contributed by atoms with van der Waals surface area (Å²) in [6.07, 6.45) is 0. The highest BCUT2D eigenvalue weighted by Crippen LogP contribution is 2.24. The quantitative estimate of drug-likeness (QED) is 0.745. The number of benzene rings is 1. The molecule has 78 valence electrons. The van der Waals surface area contributed by atoms with Crippen molar-refractivity contribution in [3.63, 3.8) is 0 Å². The van der Waals surface area contributed by atoms with Crippen molar-refractivity contribution in [1.29, 1.82) is 15.8 Å². The first-order valence-electron chi connectivity index (χ1n) is 4.41. The molecule has 16 heavy (non-hydrogen) atoms. The second-order valence-electron chi connectivity index (χ2n) is 2.95. The second kappa shape index (κ2) is 5.61. The molecule has 0 saturated heterocycles. The third-order valence-corrected chi connectivity index (χ3v) is 2.18. The van der Waals surface area contributed by atoms with Crippen molar-refractivity contribution in [3.05, 3.63) is 28.8 Å². The molecule has 0 saturated carbocycles. The maximum Gasteiger partial charge on any atom is 0.107 e. The maximum absolute atomic E-state index is 8.91. The van der Waals surface area contributed by atoms with Crippen LogP contribution in [0, 0.1) is 34.0 Å². The smallest absolute Gasteiger partial charge is 0.107 e. The SMILES string of the molecule is N#CCN(CC#N)c1cc(Cl)ccc1C#N. The molecule has 0 fully saturated rings. The first-order valence-corrected chi connectivity index (χ1v) is 4.79. The van der Waals surface area contributed by atoms with Crippen LogP contribution in [-0.2, 0) is 0 Å². The Labute approximate surface area is 98.5 Å². The Bertz CT molecular complexity index is 488. The molecule has 0 amide bonds. The van der Waals surface area contributed by atoms with Gasteiger partial charge in [-0.25, -0.2) is 0 Å². The van der Waals surface area contributed by atoms with Crippen LogP contribution < -0.4 is 4.90 Å². The van der Waals surface area contributed by atoms with Gasteiger partial charge in [-0.3, -0.25) is 0 Å². The zero-order chi connectivity index (χ0) is 12.0. The predicted molar refractivity (Wildman–Crippen MR) is 59.6 cm³/mol. The van der Waals surface area contributed by atoms with Gasteiger partial charge in [0.2, 0.25) is 0 Å². The van der Waals surface area contributed by atoms with Crippen molar-refractivity contribution in [2.75, 3.05) is 18.0 Å². The Morgan fingerprint density at radius 2 is 1.75 bits per heavy atom. The maximum atomic E-state index is 8.91. The summed E-state index contributed by atoms with van der Waals surface area (Å²) in [5.74, 6) is 0. The normalized spacial score (nSPS) is 8.62. The molecule has 4 nitrogen and oxygen atoms in total. The molecule has 0 aliphatic heterocycles. The Hall–Kier alpha value is -2.22. The average molecular weight is 231 g/mol. The van der Waals surface area contributed by atoms with Crippen molar-refractivity contribution in [3.8, 4) is 18.2 Å². The molecule has 0 atom stereocenters. The fraction of sp³-hybridized carbons (Fsp3) is 0.182. The van der Waals surface area contributed by atoms with Gasteiger partial charge in [0.1, 0.15) is 19.2 Å². The van der Waals surface area contributed by atoms with Gasteiger partial charge >= 0.3 is 0 Å². The summed E-state index contributed by atoms with van der Waals surface area (Å²) in [5, 5.41) is 26.7. The summed E-state index contributed by atoms with van der Waals surface area (Å²) < 4.78 is 0. The molecule has 5 heteroatoms. The molecule has 0 heterocycles. The van der Waals surface area contributed by atoms with E-state index in [1.54, 1.807) is 18.2 Å².